The molecule has 0 aliphatic heterocycles. The van der Waals surface area contributed by atoms with Crippen molar-refractivity contribution in [1.82, 2.24) is 5.32 Å². The number of carboxylic acids is 1. The van der Waals surface area contributed by atoms with Crippen LogP contribution in [0.1, 0.15) is 28.8 Å². The fourth-order valence-corrected chi connectivity index (χ4v) is 2.19. The highest BCUT2D eigenvalue weighted by atomic mass is 16.4. The van der Waals surface area contributed by atoms with Gasteiger partial charge in [-0.15, -0.1) is 0 Å². The molecule has 5 heteroatoms. The molecule has 114 valence electrons. The summed E-state index contributed by atoms with van der Waals surface area (Å²) in [5.74, 6) is -1.87. The Labute approximate surface area is 128 Å². The molecule has 0 bridgehead atoms. The van der Waals surface area contributed by atoms with Crippen molar-refractivity contribution in [3.05, 3.63) is 65.7 Å². The Kier molecular flexibility index (Phi) is 4.78. The maximum Gasteiger partial charge on any atom is 0.326 e. The number of aromatic hydroxyl groups is 1. The number of phenols is 1. The van der Waals surface area contributed by atoms with Crippen LogP contribution >= 0.6 is 0 Å². The van der Waals surface area contributed by atoms with Crippen LogP contribution in [0.5, 0.6) is 5.75 Å². The Balaban J connectivity index is 2.18. The molecule has 0 heterocycles. The zero-order valence-corrected chi connectivity index (χ0v) is 12.1. The summed E-state index contributed by atoms with van der Waals surface area (Å²) >= 11 is 0. The average Bonchev–Trinajstić information content (AvgIpc) is 2.53. The molecule has 22 heavy (non-hydrogen) atoms. The second kappa shape index (κ2) is 6.76. The summed E-state index contributed by atoms with van der Waals surface area (Å²) in [5, 5.41) is 21.2. The summed E-state index contributed by atoms with van der Waals surface area (Å²) in [5.41, 5.74) is 1.13. The molecule has 0 radical (unpaired) electrons. The van der Waals surface area contributed by atoms with Gasteiger partial charge in [0.1, 0.15) is 11.8 Å². The normalized spacial score (nSPS) is 13.1. The van der Waals surface area contributed by atoms with Crippen LogP contribution in [0.3, 0.4) is 0 Å². The lowest BCUT2D eigenvalue weighted by Crippen LogP contribution is -2.44. The van der Waals surface area contributed by atoms with Crippen molar-refractivity contribution >= 4 is 11.9 Å². The van der Waals surface area contributed by atoms with E-state index in [2.05, 4.69) is 5.32 Å². The number of carbonyl (C=O) groups excluding carboxylic acids is 1. The van der Waals surface area contributed by atoms with Gasteiger partial charge in [-0.25, -0.2) is 4.79 Å². The van der Waals surface area contributed by atoms with Crippen molar-refractivity contribution in [3.8, 4) is 5.75 Å². The first-order chi connectivity index (χ1) is 10.5. The summed E-state index contributed by atoms with van der Waals surface area (Å²) in [6.07, 6.45) is 0. The minimum Gasteiger partial charge on any atom is -0.508 e. The molecule has 0 spiro atoms. The lowest BCUT2D eigenvalue weighted by atomic mass is 9.93. The lowest BCUT2D eigenvalue weighted by Gasteiger charge is -2.22. The van der Waals surface area contributed by atoms with Crippen LogP contribution in [-0.2, 0) is 4.79 Å². The van der Waals surface area contributed by atoms with E-state index in [1.165, 1.54) is 12.1 Å². The second-order valence-electron chi connectivity index (χ2n) is 5.04. The van der Waals surface area contributed by atoms with Crippen molar-refractivity contribution in [2.24, 2.45) is 0 Å². The maximum absolute atomic E-state index is 12.1. The Morgan fingerprint density at radius 1 is 1.00 bits per heavy atom. The first-order valence-corrected chi connectivity index (χ1v) is 6.86. The van der Waals surface area contributed by atoms with Gasteiger partial charge in [-0.2, -0.15) is 0 Å². The van der Waals surface area contributed by atoms with Crippen molar-refractivity contribution in [2.45, 2.75) is 18.9 Å². The van der Waals surface area contributed by atoms with Crippen LogP contribution in [0.25, 0.3) is 0 Å². The molecule has 2 rings (SSSR count). The average molecular weight is 299 g/mol. The predicted molar refractivity (Wildman–Crippen MR) is 81.9 cm³/mol. The van der Waals surface area contributed by atoms with Gasteiger partial charge < -0.3 is 15.5 Å². The zero-order chi connectivity index (χ0) is 16.1. The second-order valence-corrected chi connectivity index (χ2v) is 5.04. The van der Waals surface area contributed by atoms with E-state index in [1.54, 1.807) is 49.4 Å². The van der Waals surface area contributed by atoms with Crippen LogP contribution in [0.2, 0.25) is 0 Å². The van der Waals surface area contributed by atoms with Crippen LogP contribution < -0.4 is 5.32 Å². The lowest BCUT2D eigenvalue weighted by molar-refractivity contribution is -0.139. The third-order valence-corrected chi connectivity index (χ3v) is 3.51. The van der Waals surface area contributed by atoms with Gasteiger partial charge in [0.25, 0.3) is 5.91 Å². The first kappa shape index (κ1) is 15.6. The molecule has 3 N–H and O–H groups in total. The van der Waals surface area contributed by atoms with Gasteiger partial charge in [0.05, 0.1) is 0 Å². The molecule has 2 aromatic rings. The molecular weight excluding hydrogens is 282 g/mol. The topological polar surface area (TPSA) is 86.6 Å². The maximum atomic E-state index is 12.1. The first-order valence-electron chi connectivity index (χ1n) is 6.86. The van der Waals surface area contributed by atoms with Gasteiger partial charge in [0.15, 0.2) is 0 Å². The molecule has 2 aromatic carbocycles. The fraction of sp³-hybridized carbons (Fsp3) is 0.176. The number of nitrogens with one attached hydrogen (secondary N) is 1. The Hall–Kier alpha value is -2.82. The molecule has 1 amide bonds. The van der Waals surface area contributed by atoms with E-state index in [0.717, 1.165) is 5.56 Å². The van der Waals surface area contributed by atoms with Gasteiger partial charge >= 0.3 is 5.97 Å². The molecular formula is C17H17NO4. The van der Waals surface area contributed by atoms with E-state index in [1.807, 2.05) is 0 Å². The molecule has 0 aliphatic carbocycles. The molecule has 0 aliphatic rings. The summed E-state index contributed by atoms with van der Waals surface area (Å²) < 4.78 is 0. The van der Waals surface area contributed by atoms with E-state index < -0.39 is 23.8 Å². The van der Waals surface area contributed by atoms with E-state index in [0.29, 0.717) is 5.56 Å². The molecule has 2 atom stereocenters. The van der Waals surface area contributed by atoms with Gasteiger partial charge in [-0.3, -0.25) is 4.79 Å². The summed E-state index contributed by atoms with van der Waals surface area (Å²) in [6, 6.07) is 13.7. The van der Waals surface area contributed by atoms with Gasteiger partial charge in [-0.05, 0) is 29.8 Å². The Bertz CT molecular complexity index is 652. The molecule has 0 saturated carbocycles. The number of hydrogen-bond donors (Lipinski definition) is 3. The minimum atomic E-state index is -1.11. The van der Waals surface area contributed by atoms with Gasteiger partial charge in [0.2, 0.25) is 0 Å². The van der Waals surface area contributed by atoms with Crippen LogP contribution in [0, 0.1) is 0 Å². The number of aliphatic carboxylic acids is 1. The number of hydrogen-bond acceptors (Lipinski definition) is 3. The van der Waals surface area contributed by atoms with Crippen LogP contribution in [0.4, 0.5) is 0 Å². The van der Waals surface area contributed by atoms with Crippen LogP contribution in [-0.4, -0.2) is 28.1 Å². The standard InChI is InChI=1S/C17H17NO4/c1-11(12-7-9-14(19)10-8-12)15(17(21)22)18-16(20)13-5-3-2-4-6-13/h2-11,15,19H,1H3,(H,18,20)(H,21,22). The summed E-state index contributed by atoms with van der Waals surface area (Å²) in [6.45, 7) is 1.72. The van der Waals surface area contributed by atoms with E-state index in [4.69, 9.17) is 0 Å². The third kappa shape index (κ3) is 3.63. The largest absolute Gasteiger partial charge is 0.508 e. The van der Waals surface area contributed by atoms with Gasteiger partial charge in [0, 0.05) is 11.5 Å². The summed E-state index contributed by atoms with van der Waals surface area (Å²) in [7, 11) is 0. The number of carbonyl (C=O) groups is 2. The number of amides is 1. The van der Waals surface area contributed by atoms with Crippen molar-refractivity contribution in [2.75, 3.05) is 0 Å². The summed E-state index contributed by atoms with van der Waals surface area (Å²) in [4.78, 5) is 23.6. The van der Waals surface area contributed by atoms with E-state index in [-0.39, 0.29) is 5.75 Å². The fourth-order valence-electron chi connectivity index (χ4n) is 2.19. The highest BCUT2D eigenvalue weighted by Gasteiger charge is 2.28. The number of phenolic OH excluding ortho intramolecular Hbond substituents is 1. The Morgan fingerprint density at radius 2 is 1.59 bits per heavy atom. The molecule has 0 aromatic heterocycles. The quantitative estimate of drug-likeness (QED) is 0.791. The molecule has 5 nitrogen and oxygen atoms in total. The molecule has 0 fully saturated rings. The Morgan fingerprint density at radius 3 is 2.14 bits per heavy atom. The highest BCUT2D eigenvalue weighted by Crippen LogP contribution is 2.22. The van der Waals surface area contributed by atoms with Gasteiger partial charge in [-0.1, -0.05) is 37.3 Å². The predicted octanol–water partition coefficient (Wildman–Crippen LogP) is 2.38. The highest BCUT2D eigenvalue weighted by molar-refractivity contribution is 5.96. The SMILES string of the molecule is CC(c1ccc(O)cc1)C(NC(=O)c1ccccc1)C(=O)O. The third-order valence-electron chi connectivity index (χ3n) is 3.51. The zero-order valence-electron chi connectivity index (χ0n) is 12.1. The van der Waals surface area contributed by atoms with Crippen LogP contribution in [0.15, 0.2) is 54.6 Å². The van der Waals surface area contributed by atoms with Crippen molar-refractivity contribution < 1.29 is 19.8 Å². The number of carboxylic acid groups (broad SMARTS) is 1. The van der Waals surface area contributed by atoms with E-state index in [9.17, 15) is 19.8 Å². The van der Waals surface area contributed by atoms with Crippen molar-refractivity contribution in [3.63, 3.8) is 0 Å². The minimum absolute atomic E-state index is 0.108. The van der Waals surface area contributed by atoms with E-state index >= 15 is 0 Å². The molecule has 0 saturated heterocycles. The van der Waals surface area contributed by atoms with Crippen molar-refractivity contribution in [1.29, 1.82) is 0 Å². The molecule has 2 unspecified atom stereocenters. The number of benzene rings is 2. The number of rotatable bonds is 5. The smallest absolute Gasteiger partial charge is 0.326 e. The monoisotopic (exact) mass is 299 g/mol.